The van der Waals surface area contributed by atoms with Gasteiger partial charge in [0, 0.05) is 37.1 Å². The summed E-state index contributed by atoms with van der Waals surface area (Å²) in [7, 11) is 1.87. The molecular weight excluding hydrogens is 244 g/mol. The number of amides is 1. The third-order valence-corrected chi connectivity index (χ3v) is 3.86. The van der Waals surface area contributed by atoms with Crippen molar-refractivity contribution in [3.8, 4) is 0 Å². The SMILES string of the molecule is CSCCN(C)C(=O)c1ccc2c(c1)CCCN2. The molecular formula is C14H20N2OS. The summed E-state index contributed by atoms with van der Waals surface area (Å²) in [6.45, 7) is 1.84. The van der Waals surface area contributed by atoms with E-state index in [0.717, 1.165) is 37.2 Å². The number of aryl methyl sites for hydroxylation is 1. The number of carbonyl (C=O) groups is 1. The monoisotopic (exact) mass is 264 g/mol. The summed E-state index contributed by atoms with van der Waals surface area (Å²) in [5.41, 5.74) is 3.26. The molecule has 98 valence electrons. The minimum Gasteiger partial charge on any atom is -0.385 e. The number of hydrogen-bond acceptors (Lipinski definition) is 3. The molecule has 0 bridgehead atoms. The van der Waals surface area contributed by atoms with Gasteiger partial charge in [-0.15, -0.1) is 0 Å². The van der Waals surface area contributed by atoms with E-state index in [1.807, 2.05) is 25.2 Å². The summed E-state index contributed by atoms with van der Waals surface area (Å²) in [6, 6.07) is 6.00. The zero-order chi connectivity index (χ0) is 13.0. The van der Waals surface area contributed by atoms with Gasteiger partial charge in [0.15, 0.2) is 0 Å². The molecule has 0 aromatic heterocycles. The second-order valence-electron chi connectivity index (χ2n) is 4.62. The van der Waals surface area contributed by atoms with E-state index in [4.69, 9.17) is 0 Å². The molecule has 1 amide bonds. The van der Waals surface area contributed by atoms with Crippen molar-refractivity contribution in [2.45, 2.75) is 12.8 Å². The average molecular weight is 264 g/mol. The predicted octanol–water partition coefficient (Wildman–Crippen LogP) is 2.48. The third kappa shape index (κ3) is 2.99. The first kappa shape index (κ1) is 13.3. The molecule has 0 fully saturated rings. The maximum atomic E-state index is 12.2. The third-order valence-electron chi connectivity index (χ3n) is 3.27. The van der Waals surface area contributed by atoms with Crippen molar-refractivity contribution in [1.82, 2.24) is 4.90 Å². The van der Waals surface area contributed by atoms with Crippen LogP contribution in [0.3, 0.4) is 0 Å². The summed E-state index contributed by atoms with van der Waals surface area (Å²) < 4.78 is 0. The van der Waals surface area contributed by atoms with Gasteiger partial charge in [-0.2, -0.15) is 11.8 Å². The van der Waals surface area contributed by atoms with E-state index >= 15 is 0 Å². The van der Waals surface area contributed by atoms with Crippen molar-refractivity contribution in [3.05, 3.63) is 29.3 Å². The average Bonchev–Trinajstić information content (AvgIpc) is 2.43. The molecule has 2 rings (SSSR count). The van der Waals surface area contributed by atoms with Crippen LogP contribution in [0.15, 0.2) is 18.2 Å². The fourth-order valence-corrected chi connectivity index (χ4v) is 2.61. The molecule has 1 aromatic carbocycles. The Balaban J connectivity index is 2.10. The molecule has 1 heterocycles. The van der Waals surface area contributed by atoms with Crippen LogP contribution in [0.2, 0.25) is 0 Å². The molecule has 4 heteroatoms. The van der Waals surface area contributed by atoms with Crippen molar-refractivity contribution >= 4 is 23.4 Å². The van der Waals surface area contributed by atoms with Gasteiger partial charge in [-0.25, -0.2) is 0 Å². The maximum Gasteiger partial charge on any atom is 0.253 e. The van der Waals surface area contributed by atoms with Crippen LogP contribution in [0.25, 0.3) is 0 Å². The smallest absolute Gasteiger partial charge is 0.253 e. The van der Waals surface area contributed by atoms with E-state index in [1.54, 1.807) is 16.7 Å². The molecule has 3 nitrogen and oxygen atoms in total. The van der Waals surface area contributed by atoms with Crippen LogP contribution in [0.5, 0.6) is 0 Å². The highest BCUT2D eigenvalue weighted by Crippen LogP contribution is 2.23. The Morgan fingerprint density at radius 2 is 2.33 bits per heavy atom. The predicted molar refractivity (Wildman–Crippen MR) is 78.6 cm³/mol. The first-order valence-corrected chi connectivity index (χ1v) is 7.73. The van der Waals surface area contributed by atoms with Crippen LogP contribution in [-0.4, -0.2) is 43.0 Å². The molecule has 1 aromatic rings. The maximum absolute atomic E-state index is 12.2. The number of hydrogen-bond donors (Lipinski definition) is 1. The molecule has 0 atom stereocenters. The lowest BCUT2D eigenvalue weighted by Crippen LogP contribution is -2.29. The van der Waals surface area contributed by atoms with E-state index < -0.39 is 0 Å². The highest BCUT2D eigenvalue weighted by molar-refractivity contribution is 7.98. The quantitative estimate of drug-likeness (QED) is 0.907. The minimum absolute atomic E-state index is 0.123. The van der Waals surface area contributed by atoms with E-state index in [0.29, 0.717) is 0 Å². The highest BCUT2D eigenvalue weighted by atomic mass is 32.2. The molecule has 1 N–H and O–H groups in total. The molecule has 0 unspecified atom stereocenters. The number of anilines is 1. The molecule has 0 radical (unpaired) electrons. The Hall–Kier alpha value is -1.16. The molecule has 0 saturated carbocycles. The summed E-state index contributed by atoms with van der Waals surface area (Å²) in [6.07, 6.45) is 4.27. The van der Waals surface area contributed by atoms with Crippen LogP contribution in [0, 0.1) is 0 Å². The van der Waals surface area contributed by atoms with Gasteiger partial charge in [-0.3, -0.25) is 4.79 Å². The fraction of sp³-hybridized carbons (Fsp3) is 0.500. The van der Waals surface area contributed by atoms with E-state index in [1.165, 1.54) is 11.3 Å². The number of nitrogens with one attached hydrogen (secondary N) is 1. The fourth-order valence-electron chi connectivity index (χ4n) is 2.16. The van der Waals surface area contributed by atoms with Crippen LogP contribution in [0.4, 0.5) is 5.69 Å². The van der Waals surface area contributed by atoms with Gasteiger partial charge >= 0.3 is 0 Å². The highest BCUT2D eigenvalue weighted by Gasteiger charge is 2.15. The van der Waals surface area contributed by atoms with Crippen LogP contribution >= 0.6 is 11.8 Å². The van der Waals surface area contributed by atoms with Crippen molar-refractivity contribution in [3.63, 3.8) is 0 Å². The van der Waals surface area contributed by atoms with E-state index in [2.05, 4.69) is 11.6 Å². The zero-order valence-electron chi connectivity index (χ0n) is 11.0. The summed E-state index contributed by atoms with van der Waals surface area (Å²) in [5, 5.41) is 3.36. The standard InChI is InChI=1S/C14H20N2OS/c1-16(8-9-18-2)14(17)12-5-6-13-11(10-12)4-3-7-15-13/h5-6,10,15H,3-4,7-9H2,1-2H3. The Morgan fingerprint density at radius 3 is 3.11 bits per heavy atom. The zero-order valence-corrected chi connectivity index (χ0v) is 11.8. The summed E-state index contributed by atoms with van der Waals surface area (Å²) >= 11 is 1.76. The largest absolute Gasteiger partial charge is 0.385 e. The summed E-state index contributed by atoms with van der Waals surface area (Å²) in [4.78, 5) is 14.0. The molecule has 0 aliphatic carbocycles. The van der Waals surface area contributed by atoms with Crippen LogP contribution in [-0.2, 0) is 6.42 Å². The first-order valence-electron chi connectivity index (χ1n) is 6.33. The van der Waals surface area contributed by atoms with Crippen LogP contribution < -0.4 is 5.32 Å². The Morgan fingerprint density at radius 1 is 1.50 bits per heavy atom. The van der Waals surface area contributed by atoms with Crippen molar-refractivity contribution < 1.29 is 4.79 Å². The lowest BCUT2D eigenvalue weighted by atomic mass is 10.0. The van der Waals surface area contributed by atoms with Crippen LogP contribution in [0.1, 0.15) is 22.3 Å². The number of rotatable bonds is 4. The summed E-state index contributed by atoms with van der Waals surface area (Å²) in [5.74, 6) is 1.10. The topological polar surface area (TPSA) is 32.3 Å². The van der Waals surface area contributed by atoms with E-state index in [-0.39, 0.29) is 5.91 Å². The number of carbonyl (C=O) groups excluding carboxylic acids is 1. The second kappa shape index (κ2) is 6.14. The molecule has 18 heavy (non-hydrogen) atoms. The van der Waals surface area contributed by atoms with Gasteiger partial charge in [0.05, 0.1) is 0 Å². The number of benzene rings is 1. The van der Waals surface area contributed by atoms with Gasteiger partial charge in [0.25, 0.3) is 5.91 Å². The van der Waals surface area contributed by atoms with Gasteiger partial charge in [0.1, 0.15) is 0 Å². The Labute approximate surface area is 113 Å². The van der Waals surface area contributed by atoms with Crippen molar-refractivity contribution in [2.75, 3.05) is 37.5 Å². The second-order valence-corrected chi connectivity index (χ2v) is 5.61. The molecule has 0 spiro atoms. The molecule has 0 saturated heterocycles. The molecule has 1 aliphatic heterocycles. The minimum atomic E-state index is 0.123. The lowest BCUT2D eigenvalue weighted by molar-refractivity contribution is 0.0803. The number of nitrogens with zero attached hydrogens (tertiary/aromatic N) is 1. The lowest BCUT2D eigenvalue weighted by Gasteiger charge is -2.21. The number of fused-ring (bicyclic) bond motifs is 1. The van der Waals surface area contributed by atoms with Gasteiger partial charge in [-0.1, -0.05) is 0 Å². The van der Waals surface area contributed by atoms with Crippen molar-refractivity contribution in [2.24, 2.45) is 0 Å². The Kier molecular flexibility index (Phi) is 4.53. The normalized spacial score (nSPS) is 13.7. The first-order chi connectivity index (χ1) is 8.72. The van der Waals surface area contributed by atoms with E-state index in [9.17, 15) is 4.79 Å². The Bertz CT molecular complexity index is 434. The molecule has 1 aliphatic rings. The van der Waals surface area contributed by atoms with Gasteiger partial charge in [-0.05, 0) is 42.9 Å². The number of thioether (sulfide) groups is 1. The van der Waals surface area contributed by atoms with Gasteiger partial charge < -0.3 is 10.2 Å². The van der Waals surface area contributed by atoms with Gasteiger partial charge in [0.2, 0.25) is 0 Å². The van der Waals surface area contributed by atoms with Crippen molar-refractivity contribution in [1.29, 1.82) is 0 Å².